The van der Waals surface area contributed by atoms with Crippen LogP contribution in [0.3, 0.4) is 0 Å². The second-order valence-electron chi connectivity index (χ2n) is 0.917. The minimum atomic E-state index is -1.58. The molecule has 0 aliphatic rings. The van der Waals surface area contributed by atoms with E-state index >= 15 is 0 Å². The summed E-state index contributed by atoms with van der Waals surface area (Å²) < 4.78 is 0. The van der Waals surface area contributed by atoms with Gasteiger partial charge in [0.05, 0.1) is 6.54 Å². The van der Waals surface area contributed by atoms with Crippen molar-refractivity contribution in [3.05, 3.63) is 0 Å². The van der Waals surface area contributed by atoms with Crippen LogP contribution in [-0.2, 0) is 4.79 Å². The van der Waals surface area contributed by atoms with Crippen LogP contribution >= 0.6 is 0 Å². The summed E-state index contributed by atoms with van der Waals surface area (Å²) in [6.07, 6.45) is -1.58. The molecule has 10 heavy (non-hydrogen) atoms. The number of carboxylic acid groups (broad SMARTS) is 2. The van der Waals surface area contributed by atoms with Gasteiger partial charge in [0.15, 0.2) is 0 Å². The number of carbonyl (C=O) groups excluding carboxylic acids is 1. The Kier molecular flexibility index (Phi) is 18.3. The zero-order chi connectivity index (χ0) is 7.86. The molecule has 0 radical (unpaired) electrons. The molecule has 0 spiro atoms. The number of hydrogen-bond acceptors (Lipinski definition) is 4. The summed E-state index contributed by atoms with van der Waals surface area (Å²) in [5.74, 6) is -0.968. The molecule has 5 N–H and O–H groups in total. The van der Waals surface area contributed by atoms with Gasteiger partial charge in [0, 0.05) is 0 Å². The van der Waals surface area contributed by atoms with Crippen LogP contribution in [0.25, 0.3) is 0 Å². The third-order valence-corrected chi connectivity index (χ3v) is 0.175. The molecular weight excluding hydrogens is 152 g/mol. The van der Waals surface area contributed by atoms with Gasteiger partial charge >= 0.3 is 29.0 Å². The number of rotatable bonds is 1. The van der Waals surface area contributed by atoms with Crippen LogP contribution < -0.4 is 16.6 Å². The van der Waals surface area contributed by atoms with Crippen molar-refractivity contribution in [1.29, 1.82) is 0 Å². The van der Waals surface area contributed by atoms with Gasteiger partial charge in [0.25, 0.3) is 0 Å². The van der Waals surface area contributed by atoms with Gasteiger partial charge < -0.3 is 26.5 Å². The molecule has 0 unspecified atom stereocenters. The zero-order valence-corrected chi connectivity index (χ0v) is 6.66. The second kappa shape index (κ2) is 11.3. The molecule has 0 aromatic heterocycles. The molecule has 0 saturated carbocycles. The number of aliphatic carboxylic acids is 1. The smallest absolute Gasteiger partial charge is 0.530 e. The Bertz CT molecular complexity index is 103. The Morgan fingerprint density at radius 1 is 1.50 bits per heavy atom. The van der Waals surface area contributed by atoms with Crippen LogP contribution in [-0.4, -0.2) is 46.8 Å². The first-order valence-electron chi connectivity index (χ1n) is 1.89. The molecule has 0 fully saturated rings. The predicted molar refractivity (Wildman–Crippen MR) is 32.0 cm³/mol. The molecule has 0 atom stereocenters. The summed E-state index contributed by atoms with van der Waals surface area (Å²) in [7, 11) is 0. The first kappa shape index (κ1) is 16.2. The van der Waals surface area contributed by atoms with Crippen molar-refractivity contribution in [1.82, 2.24) is 0 Å². The topological polar surface area (TPSA) is 129 Å². The molecule has 0 aliphatic heterocycles. The molecule has 0 saturated heterocycles. The van der Waals surface area contributed by atoms with Crippen molar-refractivity contribution in [2.24, 2.45) is 11.5 Å². The summed E-state index contributed by atoms with van der Waals surface area (Å²) in [5.41, 5.74) is 8.49. The number of hydrogen-bond donors (Lipinski definition) is 3. The molecule has 6 nitrogen and oxygen atoms in total. The number of carbonyl (C=O) groups is 2. The van der Waals surface area contributed by atoms with E-state index in [2.05, 4.69) is 11.5 Å². The molecule has 0 heterocycles. The van der Waals surface area contributed by atoms with E-state index in [4.69, 9.17) is 15.0 Å². The standard InChI is InChI=1S/C2H5NO2.CH3NO2.Mg/c3-1-2(4)5;2-1(3)4;/h1,3H2,(H,4,5);2H2,(H,3,4);/q;;+2/p-1. The van der Waals surface area contributed by atoms with E-state index in [0.29, 0.717) is 0 Å². The van der Waals surface area contributed by atoms with Crippen LogP contribution in [0.4, 0.5) is 4.79 Å². The Balaban J connectivity index is -0.0000000910. The van der Waals surface area contributed by atoms with Gasteiger partial charge in [0.2, 0.25) is 0 Å². The molecule has 0 aromatic carbocycles. The minimum absolute atomic E-state index is 0. The van der Waals surface area contributed by atoms with Gasteiger partial charge in [-0.3, -0.25) is 4.79 Å². The van der Waals surface area contributed by atoms with Gasteiger partial charge in [-0.15, -0.1) is 0 Å². The first-order valence-corrected chi connectivity index (χ1v) is 1.89. The molecule has 0 aromatic rings. The molecule has 0 bridgehead atoms. The van der Waals surface area contributed by atoms with Gasteiger partial charge in [-0.05, 0) is 0 Å². The van der Waals surface area contributed by atoms with E-state index in [1.807, 2.05) is 0 Å². The van der Waals surface area contributed by atoms with E-state index < -0.39 is 12.1 Å². The Hall–Kier alpha value is -0.534. The number of primary amides is 1. The summed E-state index contributed by atoms with van der Waals surface area (Å²) >= 11 is 0. The molecule has 0 aliphatic carbocycles. The minimum Gasteiger partial charge on any atom is -0.530 e. The first-order chi connectivity index (χ1) is 4.00. The third-order valence-electron chi connectivity index (χ3n) is 0.175. The third kappa shape index (κ3) is 145. The number of carboxylic acids is 1. The SMILES string of the molecule is NC(=O)[O-].NCC(=O)O.[Mg+2]. The molecule has 1 amide bonds. The zero-order valence-electron chi connectivity index (χ0n) is 5.24. The maximum atomic E-state index is 9.24. The number of amides is 1. The normalized spacial score (nSPS) is 6.10. The maximum Gasteiger partial charge on any atom is 2.00 e. The van der Waals surface area contributed by atoms with Crippen LogP contribution in [0.5, 0.6) is 0 Å². The fourth-order valence-electron chi connectivity index (χ4n) is 0. The van der Waals surface area contributed by atoms with E-state index in [0.717, 1.165) is 0 Å². The Labute approximate surface area is 73.3 Å². The van der Waals surface area contributed by atoms with E-state index in [-0.39, 0.29) is 29.6 Å². The fourth-order valence-corrected chi connectivity index (χ4v) is 0. The summed E-state index contributed by atoms with van der Waals surface area (Å²) in [6, 6.07) is 0. The Morgan fingerprint density at radius 2 is 1.60 bits per heavy atom. The van der Waals surface area contributed by atoms with Gasteiger partial charge in [-0.25, -0.2) is 0 Å². The van der Waals surface area contributed by atoms with Crippen molar-refractivity contribution in [3.8, 4) is 0 Å². The summed E-state index contributed by atoms with van der Waals surface area (Å²) in [5, 5.41) is 16.3. The summed E-state index contributed by atoms with van der Waals surface area (Å²) in [6.45, 7) is -0.278. The molecule has 54 valence electrons. The quantitative estimate of drug-likeness (QED) is 0.350. The second-order valence-corrected chi connectivity index (χ2v) is 0.917. The predicted octanol–water partition coefficient (Wildman–Crippen LogP) is -3.06. The average molecular weight is 159 g/mol. The average Bonchev–Trinajstić information content (AvgIpc) is 1.65. The van der Waals surface area contributed by atoms with Crippen LogP contribution in [0, 0.1) is 0 Å². The van der Waals surface area contributed by atoms with Crippen molar-refractivity contribution < 1.29 is 19.8 Å². The maximum absolute atomic E-state index is 9.24. The van der Waals surface area contributed by atoms with E-state index in [1.165, 1.54) is 0 Å². The van der Waals surface area contributed by atoms with Crippen molar-refractivity contribution in [3.63, 3.8) is 0 Å². The van der Waals surface area contributed by atoms with Crippen LogP contribution in [0.2, 0.25) is 0 Å². The van der Waals surface area contributed by atoms with Gasteiger partial charge in [0.1, 0.15) is 6.09 Å². The van der Waals surface area contributed by atoms with Crippen molar-refractivity contribution >= 4 is 35.1 Å². The molecule has 0 rings (SSSR count). The van der Waals surface area contributed by atoms with E-state index in [9.17, 15) is 4.79 Å². The number of nitrogens with two attached hydrogens (primary N) is 2. The Morgan fingerprint density at radius 3 is 1.60 bits per heavy atom. The molecule has 7 heteroatoms. The van der Waals surface area contributed by atoms with Crippen molar-refractivity contribution in [2.75, 3.05) is 6.54 Å². The van der Waals surface area contributed by atoms with Crippen molar-refractivity contribution in [2.45, 2.75) is 0 Å². The van der Waals surface area contributed by atoms with Gasteiger partial charge in [-0.1, -0.05) is 0 Å². The summed E-state index contributed by atoms with van der Waals surface area (Å²) in [4.78, 5) is 17.9. The fraction of sp³-hybridized carbons (Fsp3) is 0.333. The largest absolute Gasteiger partial charge is 2.00 e. The van der Waals surface area contributed by atoms with Gasteiger partial charge in [-0.2, -0.15) is 0 Å². The van der Waals surface area contributed by atoms with Crippen LogP contribution in [0.1, 0.15) is 0 Å². The van der Waals surface area contributed by atoms with E-state index in [1.54, 1.807) is 0 Å². The van der Waals surface area contributed by atoms with Crippen LogP contribution in [0.15, 0.2) is 0 Å². The molecular formula is C3H7MgN2O4+. The monoisotopic (exact) mass is 159 g/mol.